The van der Waals surface area contributed by atoms with Gasteiger partial charge in [0, 0.05) is 20.2 Å². The zero-order chi connectivity index (χ0) is 13.6. The van der Waals surface area contributed by atoms with Crippen molar-refractivity contribution in [1.82, 2.24) is 4.90 Å². The molecule has 0 spiro atoms. The van der Waals surface area contributed by atoms with Crippen LogP contribution in [0.3, 0.4) is 0 Å². The highest BCUT2D eigenvalue weighted by Gasteiger charge is 2.33. The van der Waals surface area contributed by atoms with Crippen molar-refractivity contribution in [1.29, 1.82) is 0 Å². The maximum Gasteiger partial charge on any atom is 0.0736 e. The molecule has 102 valence electrons. The van der Waals surface area contributed by atoms with Gasteiger partial charge < -0.3 is 10.5 Å². The van der Waals surface area contributed by atoms with Gasteiger partial charge in [0.25, 0.3) is 0 Å². The van der Waals surface area contributed by atoms with E-state index in [1.54, 1.807) is 7.11 Å². The van der Waals surface area contributed by atoms with Gasteiger partial charge in [0.1, 0.15) is 0 Å². The summed E-state index contributed by atoms with van der Waals surface area (Å²) < 4.78 is 5.46. The minimum absolute atomic E-state index is 0.114. The summed E-state index contributed by atoms with van der Waals surface area (Å²) in [6.07, 6.45) is 1.15. The molecule has 3 nitrogen and oxygen atoms in total. The minimum atomic E-state index is -0.121. The summed E-state index contributed by atoms with van der Waals surface area (Å²) in [6, 6.07) is 10.5. The van der Waals surface area contributed by atoms with Crippen LogP contribution in [0.25, 0.3) is 0 Å². The summed E-state index contributed by atoms with van der Waals surface area (Å²) in [4.78, 5) is 2.30. The molecule has 0 aliphatic carbocycles. The Kier molecular flexibility index (Phi) is 5.79. The van der Waals surface area contributed by atoms with Crippen LogP contribution in [0.1, 0.15) is 19.4 Å². The molecule has 2 unspecified atom stereocenters. The van der Waals surface area contributed by atoms with E-state index in [9.17, 15) is 0 Å². The number of ether oxygens (including phenoxy) is 1. The molecule has 0 saturated carbocycles. The van der Waals surface area contributed by atoms with Crippen LogP contribution in [0.4, 0.5) is 0 Å². The number of nitrogens with two attached hydrogens (primary N) is 1. The maximum atomic E-state index is 5.93. The molecule has 0 aliphatic rings. The number of nitrogens with zero attached hydrogens (tertiary/aromatic N) is 1. The first-order valence-electron chi connectivity index (χ1n) is 6.52. The summed E-state index contributed by atoms with van der Waals surface area (Å²) in [5.41, 5.74) is 7.17. The van der Waals surface area contributed by atoms with Crippen LogP contribution in [0.5, 0.6) is 0 Å². The lowest BCUT2D eigenvalue weighted by molar-refractivity contribution is -0.0189. The molecule has 3 heteroatoms. The van der Waals surface area contributed by atoms with E-state index in [2.05, 4.69) is 50.1 Å². The van der Waals surface area contributed by atoms with E-state index in [1.807, 2.05) is 6.07 Å². The second-order valence-corrected chi connectivity index (χ2v) is 5.10. The molecular formula is C15H26N2O. The molecule has 2 atom stereocenters. The lowest BCUT2D eigenvalue weighted by Crippen LogP contribution is -2.57. The summed E-state index contributed by atoms with van der Waals surface area (Å²) in [7, 11) is 3.86. The highest BCUT2D eigenvalue weighted by Crippen LogP contribution is 2.19. The first kappa shape index (κ1) is 15.2. The highest BCUT2D eigenvalue weighted by molar-refractivity contribution is 5.15. The molecule has 0 aromatic heterocycles. The van der Waals surface area contributed by atoms with Crippen LogP contribution in [-0.2, 0) is 11.2 Å². The van der Waals surface area contributed by atoms with Gasteiger partial charge in [-0.05, 0) is 32.9 Å². The molecule has 0 fully saturated rings. The average molecular weight is 250 g/mol. The molecule has 1 aromatic carbocycles. The maximum absolute atomic E-state index is 5.93. The predicted molar refractivity (Wildman–Crippen MR) is 76.7 cm³/mol. The van der Waals surface area contributed by atoms with Crippen molar-refractivity contribution in [3.05, 3.63) is 35.9 Å². The van der Waals surface area contributed by atoms with Crippen LogP contribution < -0.4 is 5.73 Å². The van der Waals surface area contributed by atoms with Gasteiger partial charge in [-0.25, -0.2) is 0 Å². The van der Waals surface area contributed by atoms with Gasteiger partial charge in [0.2, 0.25) is 0 Å². The lowest BCUT2D eigenvalue weighted by Gasteiger charge is -2.42. The fourth-order valence-electron chi connectivity index (χ4n) is 2.08. The van der Waals surface area contributed by atoms with Gasteiger partial charge in [-0.2, -0.15) is 0 Å². The SMILES string of the molecule is COC(C)C(C)(CN)N(C)CCc1ccccc1. The van der Waals surface area contributed by atoms with Crippen molar-refractivity contribution in [2.45, 2.75) is 31.9 Å². The van der Waals surface area contributed by atoms with Crippen LogP contribution in [-0.4, -0.2) is 43.8 Å². The quantitative estimate of drug-likeness (QED) is 0.803. The molecule has 0 amide bonds. The minimum Gasteiger partial charge on any atom is -0.380 e. The van der Waals surface area contributed by atoms with E-state index < -0.39 is 0 Å². The zero-order valence-corrected chi connectivity index (χ0v) is 12.0. The third kappa shape index (κ3) is 3.55. The van der Waals surface area contributed by atoms with Gasteiger partial charge in [-0.15, -0.1) is 0 Å². The molecule has 0 aliphatic heterocycles. The van der Waals surface area contributed by atoms with E-state index in [0.717, 1.165) is 13.0 Å². The summed E-state index contributed by atoms with van der Waals surface area (Å²) >= 11 is 0. The van der Waals surface area contributed by atoms with E-state index in [-0.39, 0.29) is 11.6 Å². The van der Waals surface area contributed by atoms with Crippen molar-refractivity contribution in [2.75, 3.05) is 27.2 Å². The molecule has 0 radical (unpaired) electrons. The van der Waals surface area contributed by atoms with Gasteiger partial charge in [-0.3, -0.25) is 4.90 Å². The Bertz CT molecular complexity index is 342. The van der Waals surface area contributed by atoms with Crippen molar-refractivity contribution >= 4 is 0 Å². The van der Waals surface area contributed by atoms with Gasteiger partial charge in [0.15, 0.2) is 0 Å². The number of benzene rings is 1. The van der Waals surface area contributed by atoms with E-state index in [0.29, 0.717) is 6.54 Å². The Morgan fingerprint density at radius 1 is 1.33 bits per heavy atom. The number of hydrogen-bond acceptors (Lipinski definition) is 3. The van der Waals surface area contributed by atoms with Crippen LogP contribution >= 0.6 is 0 Å². The Balaban J connectivity index is 2.60. The van der Waals surface area contributed by atoms with Crippen molar-refractivity contribution in [2.24, 2.45) is 5.73 Å². The van der Waals surface area contributed by atoms with Crippen molar-refractivity contribution in [3.8, 4) is 0 Å². The Morgan fingerprint density at radius 3 is 2.44 bits per heavy atom. The predicted octanol–water partition coefficient (Wildman–Crippen LogP) is 1.91. The van der Waals surface area contributed by atoms with Crippen molar-refractivity contribution in [3.63, 3.8) is 0 Å². The number of likely N-dealkylation sites (N-methyl/N-ethyl adjacent to an activating group) is 1. The molecule has 1 aromatic rings. The largest absolute Gasteiger partial charge is 0.380 e. The summed E-state index contributed by atoms with van der Waals surface area (Å²) in [5, 5.41) is 0. The first-order valence-corrected chi connectivity index (χ1v) is 6.52. The van der Waals surface area contributed by atoms with Crippen LogP contribution in [0, 0.1) is 0 Å². The molecule has 18 heavy (non-hydrogen) atoms. The van der Waals surface area contributed by atoms with Crippen LogP contribution in [0.15, 0.2) is 30.3 Å². The molecule has 1 rings (SSSR count). The van der Waals surface area contributed by atoms with Gasteiger partial charge in [0.05, 0.1) is 11.6 Å². The Morgan fingerprint density at radius 2 is 1.94 bits per heavy atom. The molecule has 2 N–H and O–H groups in total. The Hall–Kier alpha value is -0.900. The standard InChI is InChI=1S/C15H26N2O/c1-13(18-4)15(2,12-16)17(3)11-10-14-8-6-5-7-9-14/h5-9,13H,10-12,16H2,1-4H3. The fourth-order valence-corrected chi connectivity index (χ4v) is 2.08. The number of hydrogen-bond donors (Lipinski definition) is 1. The second-order valence-electron chi connectivity index (χ2n) is 5.10. The Labute approximate surface area is 111 Å². The van der Waals surface area contributed by atoms with E-state index in [1.165, 1.54) is 5.56 Å². The van der Waals surface area contributed by atoms with Gasteiger partial charge in [-0.1, -0.05) is 30.3 Å². The van der Waals surface area contributed by atoms with Gasteiger partial charge >= 0.3 is 0 Å². The third-order valence-corrected chi connectivity index (χ3v) is 4.09. The molecule has 0 saturated heterocycles. The zero-order valence-electron chi connectivity index (χ0n) is 12.0. The van der Waals surface area contributed by atoms with Crippen LogP contribution in [0.2, 0.25) is 0 Å². The highest BCUT2D eigenvalue weighted by atomic mass is 16.5. The summed E-state index contributed by atoms with van der Waals surface area (Å²) in [6.45, 7) is 5.80. The second kappa shape index (κ2) is 6.88. The smallest absolute Gasteiger partial charge is 0.0736 e. The monoisotopic (exact) mass is 250 g/mol. The topological polar surface area (TPSA) is 38.5 Å². The average Bonchev–Trinajstić information content (AvgIpc) is 2.43. The normalized spacial score (nSPS) is 16.6. The molecule has 0 heterocycles. The first-order chi connectivity index (χ1) is 8.54. The number of methoxy groups -OCH3 is 1. The molecular weight excluding hydrogens is 224 g/mol. The fraction of sp³-hybridized carbons (Fsp3) is 0.600. The molecule has 0 bridgehead atoms. The third-order valence-electron chi connectivity index (χ3n) is 4.09. The van der Waals surface area contributed by atoms with E-state index in [4.69, 9.17) is 10.5 Å². The number of rotatable bonds is 7. The lowest BCUT2D eigenvalue weighted by atomic mass is 9.93. The summed E-state index contributed by atoms with van der Waals surface area (Å²) in [5.74, 6) is 0. The van der Waals surface area contributed by atoms with E-state index >= 15 is 0 Å². The van der Waals surface area contributed by atoms with Crippen molar-refractivity contribution < 1.29 is 4.74 Å².